The highest BCUT2D eigenvalue weighted by molar-refractivity contribution is 7.90. The van der Waals surface area contributed by atoms with E-state index in [2.05, 4.69) is 4.72 Å². The average molecular weight is 410 g/mol. The number of hydrogen-bond acceptors (Lipinski definition) is 5. The molecule has 1 atom stereocenters. The standard InChI is InChI=1S/C15H23N3O4S2.ClH/c16-11-15(12-6-7-12)17-23(19,20)13-4-3-5-14(10-13)24(21,22)18-8-1-2-9-18;/h3-5,10,12,15,17H,1-2,6-9,11,16H2;1H. The molecule has 0 bridgehead atoms. The number of benzene rings is 1. The third kappa shape index (κ3) is 4.53. The summed E-state index contributed by atoms with van der Waals surface area (Å²) in [4.78, 5) is -0.0233. The molecule has 1 aromatic rings. The lowest BCUT2D eigenvalue weighted by atomic mass is 10.2. The van der Waals surface area contributed by atoms with Gasteiger partial charge in [0, 0.05) is 25.7 Å². The van der Waals surface area contributed by atoms with Crippen molar-refractivity contribution in [3.05, 3.63) is 24.3 Å². The Balaban J connectivity index is 0.00000225. The van der Waals surface area contributed by atoms with E-state index in [1.54, 1.807) is 0 Å². The van der Waals surface area contributed by atoms with Crippen molar-refractivity contribution < 1.29 is 16.8 Å². The van der Waals surface area contributed by atoms with E-state index in [1.807, 2.05) is 0 Å². The molecule has 0 spiro atoms. The molecule has 0 amide bonds. The van der Waals surface area contributed by atoms with Crippen molar-refractivity contribution in [1.82, 2.24) is 9.03 Å². The molecule has 10 heteroatoms. The SMILES string of the molecule is Cl.NCC(NS(=O)(=O)c1cccc(S(=O)(=O)N2CCCC2)c1)C1CC1. The Morgan fingerprint density at radius 1 is 1.12 bits per heavy atom. The molecule has 1 unspecified atom stereocenters. The quantitative estimate of drug-likeness (QED) is 0.695. The molecule has 2 fully saturated rings. The number of sulfonamides is 2. The van der Waals surface area contributed by atoms with Crippen molar-refractivity contribution >= 4 is 32.5 Å². The fourth-order valence-electron chi connectivity index (χ4n) is 2.98. The Morgan fingerprint density at radius 2 is 1.72 bits per heavy atom. The lowest BCUT2D eigenvalue weighted by Gasteiger charge is -2.18. The zero-order chi connectivity index (χ0) is 17.4. The largest absolute Gasteiger partial charge is 0.329 e. The van der Waals surface area contributed by atoms with Crippen LogP contribution < -0.4 is 10.5 Å². The van der Waals surface area contributed by atoms with Gasteiger partial charge in [-0.1, -0.05) is 6.07 Å². The molecular formula is C15H24ClN3O4S2. The van der Waals surface area contributed by atoms with Gasteiger partial charge in [0.15, 0.2) is 0 Å². The van der Waals surface area contributed by atoms with Crippen LogP contribution in [0.15, 0.2) is 34.1 Å². The second-order valence-electron chi connectivity index (χ2n) is 6.39. The summed E-state index contributed by atoms with van der Waals surface area (Å²) < 4.78 is 54.3. The van der Waals surface area contributed by atoms with Gasteiger partial charge in [0.2, 0.25) is 20.0 Å². The fourth-order valence-corrected chi connectivity index (χ4v) is 5.98. The van der Waals surface area contributed by atoms with E-state index in [0.29, 0.717) is 13.1 Å². The van der Waals surface area contributed by atoms with Gasteiger partial charge in [-0.2, -0.15) is 4.31 Å². The van der Waals surface area contributed by atoms with Crippen molar-refractivity contribution in [1.29, 1.82) is 0 Å². The van der Waals surface area contributed by atoms with Crippen molar-refractivity contribution in [3.8, 4) is 0 Å². The summed E-state index contributed by atoms with van der Waals surface area (Å²) in [5, 5.41) is 0. The van der Waals surface area contributed by atoms with Crippen molar-refractivity contribution in [3.63, 3.8) is 0 Å². The van der Waals surface area contributed by atoms with Crippen LogP contribution in [0.25, 0.3) is 0 Å². The molecule has 7 nitrogen and oxygen atoms in total. The second kappa shape index (κ2) is 7.89. The number of nitrogens with one attached hydrogen (secondary N) is 1. The molecule has 1 aliphatic heterocycles. The summed E-state index contributed by atoms with van der Waals surface area (Å²) in [6.45, 7) is 1.19. The van der Waals surface area contributed by atoms with Crippen LogP contribution in [-0.4, -0.2) is 46.8 Å². The lowest BCUT2D eigenvalue weighted by molar-refractivity contribution is 0.477. The topological polar surface area (TPSA) is 110 Å². The Bertz CT molecular complexity index is 804. The molecule has 3 rings (SSSR count). The Hall–Kier alpha value is -0.710. The first-order valence-electron chi connectivity index (χ1n) is 8.17. The van der Waals surface area contributed by atoms with E-state index >= 15 is 0 Å². The molecule has 1 saturated heterocycles. The van der Waals surface area contributed by atoms with E-state index in [4.69, 9.17) is 5.73 Å². The molecule has 142 valence electrons. The third-order valence-corrected chi connectivity index (χ3v) is 7.95. The van der Waals surface area contributed by atoms with Crippen molar-refractivity contribution in [2.45, 2.75) is 41.5 Å². The lowest BCUT2D eigenvalue weighted by Crippen LogP contribution is -2.41. The molecule has 0 radical (unpaired) electrons. The van der Waals surface area contributed by atoms with Crippen molar-refractivity contribution in [2.75, 3.05) is 19.6 Å². The van der Waals surface area contributed by atoms with Gasteiger partial charge >= 0.3 is 0 Å². The third-order valence-electron chi connectivity index (χ3n) is 4.57. The Kier molecular flexibility index (Phi) is 6.50. The van der Waals surface area contributed by atoms with Crippen molar-refractivity contribution in [2.24, 2.45) is 11.7 Å². The average Bonchev–Trinajstić information content (AvgIpc) is 3.25. The smallest absolute Gasteiger partial charge is 0.243 e. The summed E-state index contributed by atoms with van der Waals surface area (Å²) >= 11 is 0. The fraction of sp³-hybridized carbons (Fsp3) is 0.600. The van der Waals surface area contributed by atoms with E-state index in [1.165, 1.54) is 28.6 Å². The molecule has 1 saturated carbocycles. The summed E-state index contributed by atoms with van der Waals surface area (Å²) in [6, 6.07) is 5.25. The number of nitrogens with zero attached hydrogens (tertiary/aromatic N) is 1. The van der Waals surface area contributed by atoms with E-state index in [0.717, 1.165) is 25.7 Å². The summed E-state index contributed by atoms with van der Waals surface area (Å²) in [5.41, 5.74) is 5.65. The molecule has 2 aliphatic rings. The molecule has 1 aromatic carbocycles. The van der Waals surface area contributed by atoms with Gasteiger partial charge < -0.3 is 5.73 Å². The molecular weight excluding hydrogens is 386 g/mol. The summed E-state index contributed by atoms with van der Waals surface area (Å²) in [7, 11) is -7.44. The van der Waals surface area contributed by atoms with Crippen LogP contribution in [0.5, 0.6) is 0 Å². The molecule has 1 aliphatic carbocycles. The molecule has 3 N–H and O–H groups in total. The maximum absolute atomic E-state index is 12.6. The highest BCUT2D eigenvalue weighted by Gasteiger charge is 2.34. The van der Waals surface area contributed by atoms with Gasteiger partial charge in [-0.3, -0.25) is 0 Å². The second-order valence-corrected chi connectivity index (χ2v) is 10.0. The van der Waals surface area contributed by atoms with E-state index in [-0.39, 0.29) is 40.7 Å². The number of rotatable bonds is 7. The zero-order valence-corrected chi connectivity index (χ0v) is 16.2. The van der Waals surface area contributed by atoms with E-state index < -0.39 is 20.0 Å². The highest BCUT2D eigenvalue weighted by atomic mass is 35.5. The monoisotopic (exact) mass is 409 g/mol. The number of halogens is 1. The van der Waals surface area contributed by atoms with Crippen LogP contribution in [-0.2, 0) is 20.0 Å². The predicted octanol–water partition coefficient (Wildman–Crippen LogP) is 0.908. The Labute approximate surface area is 155 Å². The molecule has 1 heterocycles. The van der Waals surface area contributed by atoms with Crippen LogP contribution in [0.3, 0.4) is 0 Å². The minimum absolute atomic E-state index is 0. The van der Waals surface area contributed by atoms with Crippen LogP contribution in [0.2, 0.25) is 0 Å². The minimum atomic E-state index is -3.80. The maximum Gasteiger partial charge on any atom is 0.243 e. The Morgan fingerprint density at radius 3 is 2.28 bits per heavy atom. The van der Waals surface area contributed by atoms with Crippen LogP contribution in [0, 0.1) is 5.92 Å². The van der Waals surface area contributed by atoms with E-state index in [9.17, 15) is 16.8 Å². The highest BCUT2D eigenvalue weighted by Crippen LogP contribution is 2.33. The zero-order valence-electron chi connectivity index (χ0n) is 13.8. The van der Waals surface area contributed by atoms with Gasteiger partial charge in [0.1, 0.15) is 0 Å². The van der Waals surface area contributed by atoms with Gasteiger partial charge in [-0.25, -0.2) is 21.6 Å². The number of hydrogen-bond donors (Lipinski definition) is 2. The minimum Gasteiger partial charge on any atom is -0.329 e. The van der Waals surface area contributed by atoms with Gasteiger partial charge in [-0.15, -0.1) is 12.4 Å². The molecule has 25 heavy (non-hydrogen) atoms. The summed E-state index contributed by atoms with van der Waals surface area (Å²) in [5.74, 6) is 0.279. The van der Waals surface area contributed by atoms with Gasteiger partial charge in [-0.05, 0) is 49.8 Å². The number of nitrogens with two attached hydrogens (primary N) is 1. The van der Waals surface area contributed by atoms with Crippen LogP contribution >= 0.6 is 12.4 Å². The summed E-state index contributed by atoms with van der Waals surface area (Å²) in [6.07, 6.45) is 3.60. The van der Waals surface area contributed by atoms with Gasteiger partial charge in [0.05, 0.1) is 9.79 Å². The first kappa shape index (κ1) is 20.6. The maximum atomic E-state index is 12.6. The van der Waals surface area contributed by atoms with Gasteiger partial charge in [0.25, 0.3) is 0 Å². The first-order chi connectivity index (χ1) is 11.3. The first-order valence-corrected chi connectivity index (χ1v) is 11.1. The normalized spacial score (nSPS) is 20.2. The van der Waals surface area contributed by atoms with Crippen LogP contribution in [0.4, 0.5) is 0 Å². The molecule has 0 aromatic heterocycles. The van der Waals surface area contributed by atoms with Crippen LogP contribution in [0.1, 0.15) is 25.7 Å². The predicted molar refractivity (Wildman–Crippen MR) is 97.6 cm³/mol.